The van der Waals surface area contributed by atoms with E-state index in [2.05, 4.69) is 17.3 Å². The first-order valence-electron chi connectivity index (χ1n) is 6.65. The van der Waals surface area contributed by atoms with Crippen molar-refractivity contribution in [2.75, 3.05) is 12.3 Å². The van der Waals surface area contributed by atoms with Gasteiger partial charge in [0, 0.05) is 13.1 Å². The van der Waals surface area contributed by atoms with Gasteiger partial charge in [0.05, 0.1) is 11.4 Å². The van der Waals surface area contributed by atoms with Crippen LogP contribution in [0.1, 0.15) is 42.9 Å². The number of nitrogens with zero attached hydrogens (tertiary/aromatic N) is 2. The van der Waals surface area contributed by atoms with Crippen molar-refractivity contribution < 1.29 is 4.79 Å². The van der Waals surface area contributed by atoms with Gasteiger partial charge in [-0.2, -0.15) is 5.10 Å². The Morgan fingerprint density at radius 3 is 2.83 bits per heavy atom. The summed E-state index contributed by atoms with van der Waals surface area (Å²) in [5.74, 6) is 1.23. The molecule has 5 nitrogen and oxygen atoms in total. The molecule has 1 unspecified atom stereocenters. The number of carbonyl (C=O) groups excluding carboxylic acids is 1. The first kappa shape index (κ1) is 12.9. The van der Waals surface area contributed by atoms with Crippen LogP contribution in [0.2, 0.25) is 0 Å². The van der Waals surface area contributed by atoms with Crippen LogP contribution < -0.4 is 11.1 Å². The molecule has 1 aliphatic rings. The van der Waals surface area contributed by atoms with E-state index in [1.165, 1.54) is 12.8 Å². The number of nitrogens with one attached hydrogen (secondary N) is 1. The minimum atomic E-state index is -0.109. The molecule has 3 N–H and O–H groups in total. The maximum Gasteiger partial charge on any atom is 0.271 e. The Morgan fingerprint density at radius 2 is 2.28 bits per heavy atom. The Bertz CT molecular complexity index is 448. The summed E-state index contributed by atoms with van der Waals surface area (Å²) in [5, 5.41) is 7.22. The van der Waals surface area contributed by atoms with Gasteiger partial charge in [0.2, 0.25) is 0 Å². The van der Waals surface area contributed by atoms with Gasteiger partial charge in [0.1, 0.15) is 5.69 Å². The molecule has 0 saturated heterocycles. The third-order valence-corrected chi connectivity index (χ3v) is 3.70. The van der Waals surface area contributed by atoms with Crippen molar-refractivity contribution in [3.05, 3.63) is 11.4 Å². The second-order valence-electron chi connectivity index (χ2n) is 5.19. The highest BCUT2D eigenvalue weighted by Crippen LogP contribution is 2.36. The normalized spacial score (nSPS) is 16.6. The number of amides is 1. The lowest BCUT2D eigenvalue weighted by molar-refractivity contribution is 0.0937. The van der Waals surface area contributed by atoms with Gasteiger partial charge in [0.15, 0.2) is 0 Å². The summed E-state index contributed by atoms with van der Waals surface area (Å²) in [6.07, 6.45) is 2.59. The van der Waals surface area contributed by atoms with E-state index in [1.807, 2.05) is 13.8 Å². The summed E-state index contributed by atoms with van der Waals surface area (Å²) in [6.45, 7) is 7.33. The van der Waals surface area contributed by atoms with Crippen molar-refractivity contribution in [3.8, 4) is 0 Å². The van der Waals surface area contributed by atoms with Gasteiger partial charge < -0.3 is 11.1 Å². The van der Waals surface area contributed by atoms with E-state index in [1.54, 1.807) is 4.68 Å². The topological polar surface area (TPSA) is 72.9 Å². The van der Waals surface area contributed by atoms with Gasteiger partial charge in [-0.15, -0.1) is 0 Å². The van der Waals surface area contributed by atoms with E-state index in [0.29, 0.717) is 23.8 Å². The zero-order valence-corrected chi connectivity index (χ0v) is 11.4. The zero-order chi connectivity index (χ0) is 13.3. The summed E-state index contributed by atoms with van der Waals surface area (Å²) in [5.41, 5.74) is 7.63. The molecule has 1 aromatic rings. The number of hydrogen-bond donors (Lipinski definition) is 2. The number of aryl methyl sites for hydroxylation is 2. The Labute approximate surface area is 108 Å². The molecule has 0 bridgehead atoms. The lowest BCUT2D eigenvalue weighted by Gasteiger charge is -2.12. The highest BCUT2D eigenvalue weighted by atomic mass is 16.2. The Kier molecular flexibility index (Phi) is 3.59. The average Bonchev–Trinajstić information content (AvgIpc) is 3.14. The third-order valence-electron chi connectivity index (χ3n) is 3.70. The monoisotopic (exact) mass is 250 g/mol. The fourth-order valence-corrected chi connectivity index (χ4v) is 2.23. The number of hydrogen-bond acceptors (Lipinski definition) is 3. The molecule has 100 valence electrons. The lowest BCUT2D eigenvalue weighted by Crippen LogP contribution is -2.31. The van der Waals surface area contributed by atoms with Crippen molar-refractivity contribution >= 4 is 11.6 Å². The lowest BCUT2D eigenvalue weighted by atomic mass is 10.1. The van der Waals surface area contributed by atoms with Crippen molar-refractivity contribution in [2.45, 2.75) is 40.2 Å². The van der Waals surface area contributed by atoms with Gasteiger partial charge in [-0.05, 0) is 38.5 Å². The van der Waals surface area contributed by atoms with E-state index in [9.17, 15) is 4.79 Å². The number of anilines is 1. The molecule has 2 rings (SSSR count). The quantitative estimate of drug-likeness (QED) is 0.833. The average molecular weight is 250 g/mol. The SMILES string of the molecule is CCn1nc(C)c(N)c1C(=O)NCC(C)C1CC1. The molecule has 0 spiro atoms. The summed E-state index contributed by atoms with van der Waals surface area (Å²) in [7, 11) is 0. The Balaban J connectivity index is 2.03. The molecular formula is C13H22N4O. The maximum atomic E-state index is 12.2. The zero-order valence-electron chi connectivity index (χ0n) is 11.4. The molecule has 5 heteroatoms. The highest BCUT2D eigenvalue weighted by Gasteiger charge is 2.28. The number of nitrogens with two attached hydrogens (primary N) is 1. The van der Waals surface area contributed by atoms with Gasteiger partial charge in [0.25, 0.3) is 5.91 Å². The van der Waals surface area contributed by atoms with Crippen LogP contribution in [0, 0.1) is 18.8 Å². The predicted molar refractivity (Wildman–Crippen MR) is 71.3 cm³/mol. The predicted octanol–water partition coefficient (Wildman–Crippen LogP) is 1.57. The van der Waals surface area contributed by atoms with E-state index in [-0.39, 0.29) is 5.91 Å². The van der Waals surface area contributed by atoms with Crippen LogP contribution in [0.5, 0.6) is 0 Å². The van der Waals surface area contributed by atoms with E-state index in [0.717, 1.165) is 18.2 Å². The van der Waals surface area contributed by atoms with Crippen LogP contribution in [0.25, 0.3) is 0 Å². The molecule has 1 heterocycles. The summed E-state index contributed by atoms with van der Waals surface area (Å²) >= 11 is 0. The molecule has 1 fully saturated rings. The number of carbonyl (C=O) groups is 1. The smallest absolute Gasteiger partial charge is 0.271 e. The minimum Gasteiger partial charge on any atom is -0.395 e. The molecule has 0 aliphatic heterocycles. The van der Waals surface area contributed by atoms with E-state index in [4.69, 9.17) is 5.73 Å². The summed E-state index contributed by atoms with van der Waals surface area (Å²) in [6, 6.07) is 0. The van der Waals surface area contributed by atoms with Gasteiger partial charge in [-0.25, -0.2) is 0 Å². The third kappa shape index (κ3) is 2.49. The largest absolute Gasteiger partial charge is 0.395 e. The first-order chi connectivity index (χ1) is 8.54. The molecule has 1 atom stereocenters. The van der Waals surface area contributed by atoms with Gasteiger partial charge in [-0.1, -0.05) is 6.92 Å². The fourth-order valence-electron chi connectivity index (χ4n) is 2.23. The molecule has 18 heavy (non-hydrogen) atoms. The molecule has 0 radical (unpaired) electrons. The Morgan fingerprint density at radius 1 is 1.61 bits per heavy atom. The van der Waals surface area contributed by atoms with Gasteiger partial charge >= 0.3 is 0 Å². The summed E-state index contributed by atoms with van der Waals surface area (Å²) < 4.78 is 1.67. The van der Waals surface area contributed by atoms with E-state index >= 15 is 0 Å². The summed E-state index contributed by atoms with van der Waals surface area (Å²) in [4.78, 5) is 12.2. The van der Waals surface area contributed by atoms with Crippen LogP contribution in [-0.4, -0.2) is 22.2 Å². The van der Waals surface area contributed by atoms with Crippen molar-refractivity contribution in [2.24, 2.45) is 11.8 Å². The van der Waals surface area contributed by atoms with Crippen molar-refractivity contribution in [1.82, 2.24) is 15.1 Å². The second kappa shape index (κ2) is 5.00. The maximum absolute atomic E-state index is 12.2. The molecule has 1 aromatic heterocycles. The number of aromatic nitrogens is 2. The van der Waals surface area contributed by atoms with Gasteiger partial charge in [-0.3, -0.25) is 9.48 Å². The Hall–Kier alpha value is -1.52. The van der Waals surface area contributed by atoms with Crippen LogP contribution in [0.3, 0.4) is 0 Å². The second-order valence-corrected chi connectivity index (χ2v) is 5.19. The molecule has 0 aromatic carbocycles. The standard InChI is InChI=1S/C13H22N4O/c1-4-17-12(11(14)9(3)16-17)13(18)15-7-8(2)10-5-6-10/h8,10H,4-7,14H2,1-3H3,(H,15,18). The highest BCUT2D eigenvalue weighted by molar-refractivity contribution is 5.97. The molecule has 1 aliphatic carbocycles. The van der Waals surface area contributed by atoms with Crippen molar-refractivity contribution in [3.63, 3.8) is 0 Å². The van der Waals surface area contributed by atoms with Crippen LogP contribution in [0.15, 0.2) is 0 Å². The number of nitrogen functional groups attached to an aromatic ring is 1. The van der Waals surface area contributed by atoms with Crippen molar-refractivity contribution in [1.29, 1.82) is 0 Å². The fraction of sp³-hybridized carbons (Fsp3) is 0.692. The first-order valence-corrected chi connectivity index (χ1v) is 6.65. The molecular weight excluding hydrogens is 228 g/mol. The van der Waals surface area contributed by atoms with Crippen LogP contribution in [-0.2, 0) is 6.54 Å². The number of rotatable bonds is 5. The molecule has 1 saturated carbocycles. The van der Waals surface area contributed by atoms with E-state index < -0.39 is 0 Å². The van der Waals surface area contributed by atoms with Crippen LogP contribution in [0.4, 0.5) is 5.69 Å². The minimum absolute atomic E-state index is 0.109. The molecule has 1 amide bonds. The van der Waals surface area contributed by atoms with Crippen LogP contribution >= 0.6 is 0 Å².